The number of aliphatic hydroxyl groups is 1. The summed E-state index contributed by atoms with van der Waals surface area (Å²) in [5, 5.41) is 23.7. The van der Waals surface area contributed by atoms with E-state index in [9.17, 15) is 19.7 Å². The molecule has 6 atom stereocenters. The van der Waals surface area contributed by atoms with Gasteiger partial charge in [0.1, 0.15) is 41.3 Å². The minimum Gasteiger partial charge on any atom is -0.462 e. The second-order valence-corrected chi connectivity index (χ2v) is 11.2. The van der Waals surface area contributed by atoms with E-state index in [1.54, 1.807) is 44.2 Å². The number of aromatic nitrogens is 4. The Morgan fingerprint density at radius 2 is 2.03 bits per heavy atom. The van der Waals surface area contributed by atoms with E-state index in [1.165, 1.54) is 31.1 Å². The molecule has 0 saturated carbocycles. The highest BCUT2D eigenvalue weighted by atomic mass is 31.2. The summed E-state index contributed by atoms with van der Waals surface area (Å²) in [6.45, 7) is 5.89. The number of aliphatic hydroxyl groups excluding tert-OH is 1. The Labute approximate surface area is 224 Å². The summed E-state index contributed by atoms with van der Waals surface area (Å²) < 4.78 is 37.8. The predicted octanol–water partition coefficient (Wildman–Crippen LogP) is 2.33. The third kappa shape index (κ3) is 5.88. The number of esters is 1. The van der Waals surface area contributed by atoms with Crippen LogP contribution in [-0.2, 0) is 23.4 Å². The number of carbonyl (C=O) groups excluding carboxylic acids is 1. The van der Waals surface area contributed by atoms with Gasteiger partial charge in [0.05, 0.1) is 25.1 Å². The smallest absolute Gasteiger partial charge is 0.459 e. The number of nitrogens with two attached hydrogens (primary N) is 1. The molecular weight excluding hydrogens is 529 g/mol. The van der Waals surface area contributed by atoms with Gasteiger partial charge < -0.3 is 24.8 Å². The molecule has 0 radical (unpaired) electrons. The Hall–Kier alpha value is -3.60. The fraction of sp³-hybridized carbons (Fsp3) is 0.458. The molecule has 3 aromatic rings. The summed E-state index contributed by atoms with van der Waals surface area (Å²) in [7, 11) is -4.23. The molecular formula is C24H30N7O7P. The van der Waals surface area contributed by atoms with Crippen molar-refractivity contribution in [3.8, 4) is 11.8 Å². The highest BCUT2D eigenvalue weighted by Crippen LogP contribution is 2.49. The number of ether oxygens (including phenoxy) is 2. The van der Waals surface area contributed by atoms with Crippen molar-refractivity contribution in [3.63, 3.8) is 0 Å². The van der Waals surface area contributed by atoms with Crippen LogP contribution in [0.4, 0.5) is 5.82 Å². The molecule has 0 unspecified atom stereocenters. The number of benzene rings is 1. The predicted molar refractivity (Wildman–Crippen MR) is 138 cm³/mol. The van der Waals surface area contributed by atoms with Crippen LogP contribution in [0.15, 0.2) is 43.0 Å². The number of imidazole rings is 1. The number of nitriles is 1. The first-order valence-electron chi connectivity index (χ1n) is 12.1. The third-order valence-corrected chi connectivity index (χ3v) is 7.74. The lowest BCUT2D eigenvalue weighted by molar-refractivity contribution is -0.149. The van der Waals surface area contributed by atoms with Gasteiger partial charge >= 0.3 is 13.7 Å². The molecule has 208 valence electrons. The summed E-state index contributed by atoms with van der Waals surface area (Å²) in [6, 6.07) is 9.28. The van der Waals surface area contributed by atoms with Gasteiger partial charge in [-0.15, -0.1) is 0 Å². The van der Waals surface area contributed by atoms with Crippen LogP contribution in [0.25, 0.3) is 11.2 Å². The van der Waals surface area contributed by atoms with Crippen LogP contribution in [0.5, 0.6) is 5.75 Å². The Morgan fingerprint density at radius 3 is 2.69 bits per heavy atom. The first-order valence-corrected chi connectivity index (χ1v) is 13.7. The van der Waals surface area contributed by atoms with Gasteiger partial charge in [0, 0.05) is 0 Å². The topological polar surface area (TPSA) is 197 Å². The molecule has 2 aromatic heterocycles. The van der Waals surface area contributed by atoms with E-state index >= 15 is 0 Å². The van der Waals surface area contributed by atoms with E-state index in [4.69, 9.17) is 24.3 Å². The van der Waals surface area contributed by atoms with Crippen LogP contribution in [0.2, 0.25) is 0 Å². The van der Waals surface area contributed by atoms with Crippen molar-refractivity contribution in [1.29, 1.82) is 5.26 Å². The number of nitrogens with one attached hydrogen (secondary N) is 1. The molecule has 4 rings (SSSR count). The molecule has 0 spiro atoms. The zero-order valence-corrected chi connectivity index (χ0v) is 22.7. The normalized spacial score (nSPS) is 25.2. The highest BCUT2D eigenvalue weighted by Gasteiger charge is 2.55. The lowest BCUT2D eigenvalue weighted by Gasteiger charge is -2.26. The molecule has 0 aliphatic carbocycles. The van der Waals surface area contributed by atoms with Crippen molar-refractivity contribution in [3.05, 3.63) is 43.0 Å². The minimum absolute atomic E-state index is 0.144. The molecule has 15 heteroatoms. The average Bonchev–Trinajstić information content (AvgIpc) is 3.43. The summed E-state index contributed by atoms with van der Waals surface area (Å²) in [5.41, 5.74) is 5.02. The van der Waals surface area contributed by atoms with Crippen LogP contribution in [-0.4, -0.2) is 61.6 Å². The second kappa shape index (κ2) is 11.3. The lowest BCUT2D eigenvalue weighted by Crippen LogP contribution is -2.39. The summed E-state index contributed by atoms with van der Waals surface area (Å²) >= 11 is 0. The minimum atomic E-state index is -4.23. The molecule has 0 bridgehead atoms. The van der Waals surface area contributed by atoms with E-state index in [-0.39, 0.29) is 17.7 Å². The van der Waals surface area contributed by atoms with E-state index < -0.39 is 50.2 Å². The first kappa shape index (κ1) is 28.4. The number of nitrogen functional groups attached to an aromatic ring is 1. The van der Waals surface area contributed by atoms with Crippen molar-refractivity contribution >= 4 is 30.7 Å². The maximum absolute atomic E-state index is 13.8. The molecule has 1 aliphatic heterocycles. The number of rotatable bonds is 10. The fourth-order valence-corrected chi connectivity index (χ4v) is 5.57. The Morgan fingerprint density at radius 1 is 1.31 bits per heavy atom. The molecule has 1 aliphatic rings. The zero-order chi connectivity index (χ0) is 28.4. The maximum atomic E-state index is 13.8. The molecule has 0 amide bonds. The molecule has 4 N–H and O–H groups in total. The molecule has 3 heterocycles. The maximum Gasteiger partial charge on any atom is 0.459 e. The van der Waals surface area contributed by atoms with Crippen LogP contribution < -0.4 is 15.3 Å². The molecule has 1 aromatic carbocycles. The van der Waals surface area contributed by atoms with Crippen molar-refractivity contribution in [1.82, 2.24) is 24.6 Å². The summed E-state index contributed by atoms with van der Waals surface area (Å²) in [5.74, 6) is -0.299. The van der Waals surface area contributed by atoms with Gasteiger partial charge in [0.15, 0.2) is 17.7 Å². The number of fused-ring (bicyclic) bond motifs is 1. The number of hydrogen-bond donors (Lipinski definition) is 3. The van der Waals surface area contributed by atoms with E-state index in [1.807, 2.05) is 0 Å². The number of nitrogens with zero attached hydrogens (tertiary/aromatic N) is 5. The van der Waals surface area contributed by atoms with Gasteiger partial charge in [-0.1, -0.05) is 18.2 Å². The first-order chi connectivity index (χ1) is 18.5. The Bertz CT molecular complexity index is 1410. The Kier molecular flexibility index (Phi) is 8.20. The van der Waals surface area contributed by atoms with Gasteiger partial charge in [0.2, 0.25) is 0 Å². The largest absolute Gasteiger partial charge is 0.462 e. The molecule has 1 fully saturated rings. The van der Waals surface area contributed by atoms with Crippen molar-refractivity contribution < 1.29 is 33.0 Å². The lowest BCUT2D eigenvalue weighted by atomic mass is 9.84. The number of carbonyl (C=O) groups is 1. The summed E-state index contributed by atoms with van der Waals surface area (Å²) in [6.07, 6.45) is -1.30. The number of para-hydroxylation sites is 1. The average molecular weight is 560 g/mol. The molecule has 39 heavy (non-hydrogen) atoms. The number of hydrogen-bond acceptors (Lipinski definition) is 12. The molecule has 14 nitrogen and oxygen atoms in total. The molecule has 1 saturated heterocycles. The van der Waals surface area contributed by atoms with Gasteiger partial charge in [-0.05, 0) is 39.8 Å². The Balaban J connectivity index is 1.57. The van der Waals surface area contributed by atoms with Crippen LogP contribution in [0.1, 0.15) is 33.9 Å². The highest BCUT2D eigenvalue weighted by molar-refractivity contribution is 7.52. The van der Waals surface area contributed by atoms with E-state index in [2.05, 4.69) is 26.1 Å². The van der Waals surface area contributed by atoms with Gasteiger partial charge in [0.25, 0.3) is 0 Å². The van der Waals surface area contributed by atoms with Crippen LogP contribution >= 0.6 is 7.75 Å². The fourth-order valence-electron chi connectivity index (χ4n) is 4.07. The zero-order valence-electron chi connectivity index (χ0n) is 21.8. The van der Waals surface area contributed by atoms with E-state index in [0.717, 1.165) is 0 Å². The van der Waals surface area contributed by atoms with E-state index in [0.29, 0.717) is 11.2 Å². The van der Waals surface area contributed by atoms with Crippen LogP contribution in [0, 0.1) is 16.7 Å². The quantitative estimate of drug-likeness (QED) is 0.242. The van der Waals surface area contributed by atoms with Gasteiger partial charge in [-0.2, -0.15) is 10.3 Å². The van der Waals surface area contributed by atoms with Crippen molar-refractivity contribution in [2.45, 2.75) is 58.3 Å². The van der Waals surface area contributed by atoms with Crippen molar-refractivity contribution in [2.75, 3.05) is 12.3 Å². The standard InChI is InChI=1S/C24H30N7O7P/c1-14(2)36-22(33)15(3)30-39(34,38-16-8-6-5-7-9-16)35-10-17-19(32)24(4,11-25)23(37-17)31-13-29-18-20(26)27-12-28-21(18)31/h5-9,12-15,17,19,23,32H,10H2,1-4H3,(H,30,34)(H2,26,27,28)/t15-,17-,19-,23-,24-,39+/m1/s1. The van der Waals surface area contributed by atoms with Gasteiger partial charge in [-0.25, -0.2) is 19.5 Å². The monoisotopic (exact) mass is 559 g/mol. The second-order valence-electron chi connectivity index (χ2n) is 9.48. The third-order valence-electron chi connectivity index (χ3n) is 6.10. The summed E-state index contributed by atoms with van der Waals surface area (Å²) in [4.78, 5) is 24.7. The van der Waals surface area contributed by atoms with Crippen molar-refractivity contribution in [2.24, 2.45) is 5.41 Å². The number of anilines is 1. The van der Waals surface area contributed by atoms with Gasteiger partial charge in [-0.3, -0.25) is 13.9 Å². The van der Waals surface area contributed by atoms with Crippen LogP contribution in [0.3, 0.4) is 0 Å². The SMILES string of the molecule is CC(C)OC(=O)[C@@H](C)N[P@](=O)(OC[C@H]1O[C@@H](n2cnc3c(N)ncnc32)[C@](C)(C#N)[C@@H]1O)Oc1ccccc1.